The Morgan fingerprint density at radius 2 is 1.75 bits per heavy atom. The molecule has 0 amide bonds. The van der Waals surface area contributed by atoms with Crippen molar-refractivity contribution in [2.45, 2.75) is 52.2 Å². The molecule has 1 aliphatic heterocycles. The van der Waals surface area contributed by atoms with Gasteiger partial charge >= 0.3 is 0 Å². The predicted molar refractivity (Wildman–Crippen MR) is 76.1 cm³/mol. The number of hydrogen-bond acceptors (Lipinski definition) is 3. The molecule has 1 aliphatic rings. The highest BCUT2D eigenvalue weighted by atomic mass is 19.1. The fourth-order valence-electron chi connectivity index (χ4n) is 2.42. The van der Waals surface area contributed by atoms with Gasteiger partial charge in [-0.25, -0.2) is 4.39 Å². The van der Waals surface area contributed by atoms with Crippen LogP contribution >= 0.6 is 0 Å². The van der Waals surface area contributed by atoms with Gasteiger partial charge in [-0.1, -0.05) is 6.92 Å². The van der Waals surface area contributed by atoms with Crippen LogP contribution in [0.4, 0.5) is 4.39 Å². The first-order valence-corrected chi connectivity index (χ1v) is 7.31. The first-order chi connectivity index (χ1) is 9.56. The van der Waals surface area contributed by atoms with E-state index in [1.807, 2.05) is 27.7 Å². The average molecular weight is 282 g/mol. The molecular formula is C16H23FO3. The van der Waals surface area contributed by atoms with Gasteiger partial charge in [-0.05, 0) is 44.7 Å². The number of epoxide rings is 1. The lowest BCUT2D eigenvalue weighted by molar-refractivity contribution is 0.285. The van der Waals surface area contributed by atoms with E-state index < -0.39 is 0 Å². The summed E-state index contributed by atoms with van der Waals surface area (Å²) >= 11 is 0. The molecule has 20 heavy (non-hydrogen) atoms. The van der Waals surface area contributed by atoms with Gasteiger partial charge < -0.3 is 14.2 Å². The molecule has 3 atom stereocenters. The maximum absolute atomic E-state index is 14.2. The van der Waals surface area contributed by atoms with Crippen molar-refractivity contribution in [1.29, 1.82) is 0 Å². The minimum Gasteiger partial charge on any atom is -0.490 e. The number of benzene rings is 1. The molecule has 3 unspecified atom stereocenters. The second-order valence-electron chi connectivity index (χ2n) is 5.20. The van der Waals surface area contributed by atoms with Crippen molar-refractivity contribution >= 4 is 0 Å². The van der Waals surface area contributed by atoms with E-state index in [1.165, 1.54) is 6.07 Å². The molecular weight excluding hydrogens is 259 g/mol. The summed E-state index contributed by atoms with van der Waals surface area (Å²) in [6, 6.07) is 3.19. The third-order valence-electron chi connectivity index (χ3n) is 3.62. The number of ether oxygens (including phenoxy) is 3. The van der Waals surface area contributed by atoms with E-state index in [9.17, 15) is 4.39 Å². The molecule has 0 N–H and O–H groups in total. The van der Waals surface area contributed by atoms with Gasteiger partial charge in [-0.3, -0.25) is 0 Å². The van der Waals surface area contributed by atoms with E-state index in [1.54, 1.807) is 6.07 Å². The first-order valence-electron chi connectivity index (χ1n) is 7.31. The lowest BCUT2D eigenvalue weighted by Crippen LogP contribution is -2.05. The van der Waals surface area contributed by atoms with Crippen LogP contribution < -0.4 is 9.47 Å². The van der Waals surface area contributed by atoms with Crippen molar-refractivity contribution in [3.63, 3.8) is 0 Å². The summed E-state index contributed by atoms with van der Waals surface area (Å²) in [5.74, 6) is 0.943. The molecule has 1 aromatic rings. The zero-order chi connectivity index (χ0) is 14.7. The number of rotatable bonds is 7. The summed E-state index contributed by atoms with van der Waals surface area (Å²) in [6.45, 7) is 8.85. The molecule has 4 heteroatoms. The molecule has 1 fully saturated rings. The second kappa shape index (κ2) is 6.44. The lowest BCUT2D eigenvalue weighted by Gasteiger charge is -2.17. The summed E-state index contributed by atoms with van der Waals surface area (Å²) < 4.78 is 30.6. The second-order valence-corrected chi connectivity index (χ2v) is 5.20. The van der Waals surface area contributed by atoms with E-state index in [4.69, 9.17) is 14.2 Å². The van der Waals surface area contributed by atoms with Gasteiger partial charge in [0.1, 0.15) is 5.82 Å². The molecule has 0 spiro atoms. The molecule has 2 rings (SSSR count). The third kappa shape index (κ3) is 3.42. The minimum absolute atomic E-state index is 0.0971. The molecule has 1 saturated heterocycles. The van der Waals surface area contributed by atoms with Gasteiger partial charge in [-0.2, -0.15) is 0 Å². The predicted octanol–water partition coefficient (Wildman–Crippen LogP) is 3.90. The molecule has 0 saturated carbocycles. The summed E-state index contributed by atoms with van der Waals surface area (Å²) in [6.07, 6.45) is 1.39. The Kier molecular flexibility index (Phi) is 4.86. The highest BCUT2D eigenvalue weighted by molar-refractivity contribution is 5.45. The summed E-state index contributed by atoms with van der Waals surface area (Å²) in [5, 5.41) is 0. The van der Waals surface area contributed by atoms with Gasteiger partial charge in [0.05, 0.1) is 25.4 Å². The van der Waals surface area contributed by atoms with Crippen LogP contribution in [0, 0.1) is 5.82 Å². The summed E-state index contributed by atoms with van der Waals surface area (Å²) in [7, 11) is 0. The topological polar surface area (TPSA) is 31.0 Å². The Morgan fingerprint density at radius 1 is 1.20 bits per heavy atom. The average Bonchev–Trinajstić information content (AvgIpc) is 3.08. The van der Waals surface area contributed by atoms with Crippen molar-refractivity contribution in [2.24, 2.45) is 0 Å². The van der Waals surface area contributed by atoms with Gasteiger partial charge in [0.25, 0.3) is 0 Å². The Bertz CT molecular complexity index is 461. The normalized spacial score (nSPS) is 22.4. The van der Waals surface area contributed by atoms with Crippen LogP contribution in [0.5, 0.6) is 11.5 Å². The van der Waals surface area contributed by atoms with E-state index in [0.717, 1.165) is 6.42 Å². The maximum Gasteiger partial charge on any atom is 0.164 e. The third-order valence-corrected chi connectivity index (χ3v) is 3.62. The van der Waals surface area contributed by atoms with E-state index in [-0.39, 0.29) is 17.8 Å². The maximum atomic E-state index is 14.2. The molecule has 0 aliphatic carbocycles. The molecule has 1 heterocycles. The smallest absolute Gasteiger partial charge is 0.164 e. The fraction of sp³-hybridized carbons (Fsp3) is 0.625. The van der Waals surface area contributed by atoms with E-state index in [0.29, 0.717) is 36.4 Å². The Morgan fingerprint density at radius 3 is 2.25 bits per heavy atom. The van der Waals surface area contributed by atoms with Crippen LogP contribution in [-0.4, -0.2) is 25.4 Å². The van der Waals surface area contributed by atoms with Crippen LogP contribution in [-0.2, 0) is 4.74 Å². The molecule has 3 nitrogen and oxygen atoms in total. The lowest BCUT2D eigenvalue weighted by atomic mass is 9.94. The van der Waals surface area contributed by atoms with Crippen molar-refractivity contribution in [3.8, 4) is 11.5 Å². The highest BCUT2D eigenvalue weighted by Gasteiger charge is 2.35. The van der Waals surface area contributed by atoms with Crippen molar-refractivity contribution < 1.29 is 18.6 Å². The van der Waals surface area contributed by atoms with Crippen molar-refractivity contribution in [1.82, 2.24) is 0 Å². The van der Waals surface area contributed by atoms with Crippen LogP contribution in [0.25, 0.3) is 0 Å². The largest absolute Gasteiger partial charge is 0.490 e. The zero-order valence-corrected chi connectivity index (χ0v) is 12.6. The molecule has 112 valence electrons. The molecule has 0 radical (unpaired) electrons. The molecule has 0 bridgehead atoms. The van der Waals surface area contributed by atoms with E-state index in [2.05, 4.69) is 0 Å². The SMILES string of the molecule is CCOc1cc(F)c(C(C)CC2OC2C)cc1OCC. The number of halogens is 1. The Balaban J connectivity index is 2.20. The minimum atomic E-state index is -0.238. The van der Waals surface area contributed by atoms with Crippen LogP contribution in [0.15, 0.2) is 12.1 Å². The number of hydrogen-bond donors (Lipinski definition) is 0. The quantitative estimate of drug-likeness (QED) is 0.711. The molecule has 1 aromatic carbocycles. The standard InChI is InChI=1S/C16H23FO3/c1-5-18-15-8-12(10(3)7-14-11(4)20-14)13(17)9-16(15)19-6-2/h8-11,14H,5-7H2,1-4H3. The highest BCUT2D eigenvalue weighted by Crippen LogP contribution is 2.37. The zero-order valence-electron chi connectivity index (χ0n) is 12.6. The van der Waals surface area contributed by atoms with Crippen LogP contribution in [0.3, 0.4) is 0 Å². The van der Waals surface area contributed by atoms with Crippen LogP contribution in [0.2, 0.25) is 0 Å². The fourth-order valence-corrected chi connectivity index (χ4v) is 2.42. The van der Waals surface area contributed by atoms with Gasteiger partial charge in [0, 0.05) is 6.07 Å². The Labute approximate surface area is 120 Å². The van der Waals surface area contributed by atoms with E-state index >= 15 is 0 Å². The first kappa shape index (κ1) is 15.1. The monoisotopic (exact) mass is 282 g/mol. The van der Waals surface area contributed by atoms with Gasteiger partial charge in [0.15, 0.2) is 11.5 Å². The summed E-state index contributed by atoms with van der Waals surface area (Å²) in [4.78, 5) is 0. The van der Waals surface area contributed by atoms with Gasteiger partial charge in [0.2, 0.25) is 0 Å². The van der Waals surface area contributed by atoms with Crippen molar-refractivity contribution in [3.05, 3.63) is 23.5 Å². The van der Waals surface area contributed by atoms with Crippen molar-refractivity contribution in [2.75, 3.05) is 13.2 Å². The Hall–Kier alpha value is -1.29. The summed E-state index contributed by atoms with van der Waals surface area (Å²) in [5.41, 5.74) is 0.666. The van der Waals surface area contributed by atoms with Gasteiger partial charge in [-0.15, -0.1) is 0 Å². The molecule has 0 aromatic heterocycles. The van der Waals surface area contributed by atoms with Crippen LogP contribution in [0.1, 0.15) is 45.6 Å².